The van der Waals surface area contributed by atoms with Crippen molar-refractivity contribution in [1.82, 2.24) is 14.9 Å². The normalized spacial score (nSPS) is 16.5. The first-order valence-electron chi connectivity index (χ1n) is 11.2. The molecule has 1 N–H and O–H groups in total. The Hall–Kier alpha value is -3.34. The van der Waals surface area contributed by atoms with Gasteiger partial charge in [0.25, 0.3) is 5.91 Å². The number of amides is 1. The van der Waals surface area contributed by atoms with Crippen molar-refractivity contribution in [2.24, 2.45) is 0 Å². The van der Waals surface area contributed by atoms with Crippen LogP contribution in [0, 0.1) is 0 Å². The Morgan fingerprint density at radius 1 is 1.06 bits per heavy atom. The molecule has 3 aromatic rings. The minimum atomic E-state index is -4.41. The summed E-state index contributed by atoms with van der Waals surface area (Å²) in [5.41, 5.74) is 1.19. The fourth-order valence-electron chi connectivity index (χ4n) is 4.17. The van der Waals surface area contributed by atoms with Crippen LogP contribution in [0.1, 0.15) is 46.4 Å². The Labute approximate surface area is 199 Å². The summed E-state index contributed by atoms with van der Waals surface area (Å²) >= 11 is 0. The zero-order valence-electron chi connectivity index (χ0n) is 18.5. The molecule has 5 rings (SSSR count). The second kappa shape index (κ2) is 8.71. The third-order valence-corrected chi connectivity index (χ3v) is 8.53. The Morgan fingerprint density at radius 3 is 2.43 bits per heavy atom. The van der Waals surface area contributed by atoms with Crippen molar-refractivity contribution in [1.29, 1.82) is 0 Å². The highest BCUT2D eigenvalue weighted by Gasteiger charge is 2.35. The minimum absolute atomic E-state index is 0.0635. The standard InChI is InChI=1S/C24H22F3N3O4S/c25-24(26,27)17-5-8-18(9-6-17)34-19-7-4-16-14-30(11-10-15(16)12-19)22(31)21-13-28-23(29-21)35(32,33)20-2-1-3-20/h4-9,12-13,20H,1-3,10-11,14H2,(H,28,29). The Kier molecular flexibility index (Phi) is 5.82. The van der Waals surface area contributed by atoms with E-state index in [1.165, 1.54) is 18.3 Å². The van der Waals surface area contributed by atoms with Crippen LogP contribution < -0.4 is 4.74 Å². The molecule has 1 aliphatic heterocycles. The number of aromatic amines is 1. The van der Waals surface area contributed by atoms with Crippen LogP contribution in [-0.2, 0) is 29.0 Å². The van der Waals surface area contributed by atoms with E-state index in [0.29, 0.717) is 38.1 Å². The summed E-state index contributed by atoms with van der Waals surface area (Å²) in [6, 6.07) is 9.79. The Morgan fingerprint density at radius 2 is 1.77 bits per heavy atom. The molecule has 0 atom stereocenters. The average Bonchev–Trinajstić information content (AvgIpc) is 3.28. The molecule has 0 bridgehead atoms. The summed E-state index contributed by atoms with van der Waals surface area (Å²) in [4.78, 5) is 21.3. The molecule has 1 fully saturated rings. The van der Waals surface area contributed by atoms with E-state index in [0.717, 1.165) is 29.7 Å². The van der Waals surface area contributed by atoms with E-state index in [1.807, 2.05) is 12.1 Å². The molecule has 184 valence electrons. The molecule has 0 radical (unpaired) electrons. The van der Waals surface area contributed by atoms with Gasteiger partial charge in [0, 0.05) is 19.3 Å². The van der Waals surface area contributed by atoms with Crippen molar-refractivity contribution in [2.75, 3.05) is 6.54 Å². The Balaban J connectivity index is 1.25. The van der Waals surface area contributed by atoms with E-state index in [1.54, 1.807) is 11.0 Å². The molecule has 11 heteroatoms. The lowest BCUT2D eigenvalue weighted by atomic mass is 9.99. The number of hydrogen-bond donors (Lipinski definition) is 1. The van der Waals surface area contributed by atoms with Crippen molar-refractivity contribution >= 4 is 15.7 Å². The largest absolute Gasteiger partial charge is 0.457 e. The molecule has 7 nitrogen and oxygen atoms in total. The van der Waals surface area contributed by atoms with Gasteiger partial charge in [-0.1, -0.05) is 12.5 Å². The van der Waals surface area contributed by atoms with Crippen LogP contribution in [0.15, 0.2) is 53.8 Å². The molecule has 0 saturated heterocycles. The fourth-order valence-corrected chi connectivity index (χ4v) is 5.89. The van der Waals surface area contributed by atoms with Gasteiger partial charge in [-0.25, -0.2) is 13.4 Å². The number of fused-ring (bicyclic) bond motifs is 1. The van der Waals surface area contributed by atoms with Gasteiger partial charge in [0.15, 0.2) is 0 Å². The van der Waals surface area contributed by atoms with Crippen molar-refractivity contribution in [3.05, 3.63) is 71.0 Å². The lowest BCUT2D eigenvalue weighted by Gasteiger charge is -2.28. The molecular formula is C24H22F3N3O4S. The summed E-state index contributed by atoms with van der Waals surface area (Å²) in [7, 11) is -3.54. The highest BCUT2D eigenvalue weighted by Crippen LogP contribution is 2.33. The predicted molar refractivity (Wildman–Crippen MR) is 120 cm³/mol. The van der Waals surface area contributed by atoms with Gasteiger partial charge in [-0.15, -0.1) is 0 Å². The number of rotatable bonds is 5. The maximum absolute atomic E-state index is 13.0. The summed E-state index contributed by atoms with van der Waals surface area (Å²) in [6.45, 7) is 0.736. The van der Waals surface area contributed by atoms with E-state index < -0.39 is 26.8 Å². The summed E-state index contributed by atoms with van der Waals surface area (Å²) in [6.07, 6.45) is -0.427. The number of nitrogens with zero attached hydrogens (tertiary/aromatic N) is 2. The van der Waals surface area contributed by atoms with E-state index in [-0.39, 0.29) is 22.5 Å². The molecule has 1 aliphatic carbocycles. The van der Waals surface area contributed by atoms with Crippen LogP contribution in [0.25, 0.3) is 0 Å². The lowest BCUT2D eigenvalue weighted by Crippen LogP contribution is -2.36. The molecule has 1 amide bonds. The number of nitrogens with one attached hydrogen (secondary N) is 1. The number of hydrogen-bond acceptors (Lipinski definition) is 5. The molecule has 1 saturated carbocycles. The molecule has 0 spiro atoms. The van der Waals surface area contributed by atoms with Crippen LogP contribution in [0.4, 0.5) is 13.2 Å². The minimum Gasteiger partial charge on any atom is -0.457 e. The molecule has 2 heterocycles. The maximum Gasteiger partial charge on any atom is 0.416 e. The van der Waals surface area contributed by atoms with Crippen molar-refractivity contribution in [2.45, 2.75) is 48.8 Å². The number of alkyl halides is 3. The number of H-pyrrole nitrogens is 1. The van der Waals surface area contributed by atoms with Gasteiger partial charge < -0.3 is 14.6 Å². The number of aromatic nitrogens is 2. The van der Waals surface area contributed by atoms with Crippen molar-refractivity contribution < 1.29 is 31.1 Å². The predicted octanol–water partition coefficient (Wildman–Crippen LogP) is 4.75. The van der Waals surface area contributed by atoms with Gasteiger partial charge >= 0.3 is 6.18 Å². The van der Waals surface area contributed by atoms with E-state index in [9.17, 15) is 26.4 Å². The van der Waals surface area contributed by atoms with Crippen molar-refractivity contribution in [3.63, 3.8) is 0 Å². The lowest BCUT2D eigenvalue weighted by molar-refractivity contribution is -0.137. The maximum atomic E-state index is 13.0. The first-order chi connectivity index (χ1) is 16.6. The highest BCUT2D eigenvalue weighted by molar-refractivity contribution is 7.91. The second-order valence-corrected chi connectivity index (χ2v) is 10.9. The number of benzene rings is 2. The number of sulfone groups is 1. The second-order valence-electron chi connectivity index (χ2n) is 8.72. The molecular weight excluding hydrogens is 483 g/mol. The highest BCUT2D eigenvalue weighted by atomic mass is 32.2. The van der Waals surface area contributed by atoms with Crippen LogP contribution in [0.5, 0.6) is 11.5 Å². The summed E-state index contributed by atoms with van der Waals surface area (Å²) in [5.74, 6) is 0.422. The van der Waals surface area contributed by atoms with Gasteiger partial charge in [0.05, 0.1) is 10.8 Å². The van der Waals surface area contributed by atoms with E-state index >= 15 is 0 Å². The SMILES string of the molecule is O=C(c1c[nH]c(S(=O)(=O)C2CCC2)n1)N1CCc2cc(Oc3ccc(C(F)(F)F)cc3)ccc2C1. The third kappa shape index (κ3) is 4.64. The number of carbonyl (C=O) groups excluding carboxylic acids is 1. The molecule has 2 aliphatic rings. The first kappa shape index (κ1) is 23.4. The van der Waals surface area contributed by atoms with Crippen molar-refractivity contribution in [3.8, 4) is 11.5 Å². The number of imidazole rings is 1. The number of ether oxygens (including phenoxy) is 1. The van der Waals surface area contributed by atoms with Crippen LogP contribution in [-0.4, -0.2) is 41.0 Å². The van der Waals surface area contributed by atoms with E-state index in [2.05, 4.69) is 9.97 Å². The molecule has 35 heavy (non-hydrogen) atoms. The van der Waals surface area contributed by atoms with Crippen LogP contribution in [0.2, 0.25) is 0 Å². The number of carbonyl (C=O) groups is 1. The molecule has 1 aromatic heterocycles. The van der Waals surface area contributed by atoms with Gasteiger partial charge in [-0.3, -0.25) is 4.79 Å². The third-order valence-electron chi connectivity index (χ3n) is 6.43. The Bertz CT molecular complexity index is 1360. The smallest absolute Gasteiger partial charge is 0.416 e. The summed E-state index contributed by atoms with van der Waals surface area (Å²) in [5, 5.41) is -0.592. The van der Waals surface area contributed by atoms with Gasteiger partial charge in [-0.05, 0) is 66.8 Å². The summed E-state index contributed by atoms with van der Waals surface area (Å²) < 4.78 is 69.0. The van der Waals surface area contributed by atoms with Gasteiger partial charge in [0.1, 0.15) is 17.2 Å². The average molecular weight is 506 g/mol. The number of halogens is 3. The first-order valence-corrected chi connectivity index (χ1v) is 12.7. The zero-order valence-corrected chi connectivity index (χ0v) is 19.3. The van der Waals surface area contributed by atoms with Crippen LogP contribution in [0.3, 0.4) is 0 Å². The fraction of sp³-hybridized carbons (Fsp3) is 0.333. The van der Waals surface area contributed by atoms with Gasteiger partial charge in [0.2, 0.25) is 15.0 Å². The van der Waals surface area contributed by atoms with E-state index in [4.69, 9.17) is 4.74 Å². The topological polar surface area (TPSA) is 92.4 Å². The van der Waals surface area contributed by atoms with Crippen LogP contribution >= 0.6 is 0 Å². The quantitative estimate of drug-likeness (QED) is 0.541. The van der Waals surface area contributed by atoms with Gasteiger partial charge in [-0.2, -0.15) is 13.2 Å². The molecule has 0 unspecified atom stereocenters. The monoisotopic (exact) mass is 505 g/mol. The molecule has 2 aromatic carbocycles. The zero-order chi connectivity index (χ0) is 24.8.